The van der Waals surface area contributed by atoms with Crippen molar-refractivity contribution in [2.24, 2.45) is 0 Å². The number of nitrogens with zero attached hydrogens (tertiary/aromatic N) is 1. The van der Waals surface area contributed by atoms with Crippen molar-refractivity contribution in [2.75, 3.05) is 30.4 Å². The molecule has 7 nitrogen and oxygen atoms in total. The average molecular weight is 270 g/mol. The summed E-state index contributed by atoms with van der Waals surface area (Å²) in [4.78, 5) is 4.14. The lowest BCUT2D eigenvalue weighted by Crippen LogP contribution is -2.26. The van der Waals surface area contributed by atoms with Gasteiger partial charge in [-0.15, -0.1) is 0 Å². The van der Waals surface area contributed by atoms with Crippen LogP contribution >= 0.6 is 0 Å². The second-order valence-corrected chi connectivity index (χ2v) is 5.71. The lowest BCUT2D eigenvalue weighted by atomic mass is 10.3. The average Bonchev–Trinajstić information content (AvgIpc) is 2.73. The number of nitrogens with one attached hydrogen (secondary N) is 2. The number of oxazole rings is 1. The summed E-state index contributed by atoms with van der Waals surface area (Å²) >= 11 is 0. The Balaban J connectivity index is 2.07. The van der Waals surface area contributed by atoms with Crippen LogP contribution in [0.5, 0.6) is 0 Å². The first-order chi connectivity index (χ1) is 8.52. The first-order valence-corrected chi connectivity index (χ1v) is 6.97. The summed E-state index contributed by atoms with van der Waals surface area (Å²) in [5.41, 5.74) is 7.38. The van der Waals surface area contributed by atoms with E-state index in [1.54, 1.807) is 18.2 Å². The van der Waals surface area contributed by atoms with Crippen molar-refractivity contribution >= 4 is 32.8 Å². The first kappa shape index (κ1) is 12.7. The molecule has 0 atom stereocenters. The van der Waals surface area contributed by atoms with E-state index in [2.05, 4.69) is 15.0 Å². The van der Waals surface area contributed by atoms with Crippen molar-refractivity contribution in [3.8, 4) is 0 Å². The molecule has 0 unspecified atom stereocenters. The van der Waals surface area contributed by atoms with Crippen molar-refractivity contribution in [3.63, 3.8) is 0 Å². The highest BCUT2D eigenvalue weighted by Crippen LogP contribution is 2.23. The van der Waals surface area contributed by atoms with Gasteiger partial charge in [-0.05, 0) is 19.2 Å². The minimum atomic E-state index is -3.23. The highest BCUT2D eigenvalue weighted by atomic mass is 32.2. The summed E-state index contributed by atoms with van der Waals surface area (Å²) < 4.78 is 30.0. The van der Waals surface area contributed by atoms with Gasteiger partial charge in [0, 0.05) is 6.54 Å². The summed E-state index contributed by atoms with van der Waals surface area (Å²) in [5, 5.41) is 2.80. The van der Waals surface area contributed by atoms with E-state index in [-0.39, 0.29) is 18.3 Å². The fourth-order valence-electron chi connectivity index (χ4n) is 1.44. The van der Waals surface area contributed by atoms with Crippen LogP contribution in [0.4, 0.5) is 11.7 Å². The van der Waals surface area contributed by atoms with Crippen LogP contribution in [0.1, 0.15) is 0 Å². The lowest BCUT2D eigenvalue weighted by molar-refractivity contribution is 0.587. The Morgan fingerprint density at radius 1 is 1.44 bits per heavy atom. The molecule has 0 fully saturated rings. The standard InChI is InChI=1S/C10H14N4O3S/c1-12-18(15,16)6-5-13-10-14-9-7(11)3-2-4-8(9)17-10/h2-4,12H,5-6,11H2,1H3,(H,13,14). The van der Waals surface area contributed by atoms with Crippen molar-refractivity contribution in [3.05, 3.63) is 18.2 Å². The van der Waals surface area contributed by atoms with Gasteiger partial charge in [0.05, 0.1) is 11.4 Å². The van der Waals surface area contributed by atoms with Gasteiger partial charge < -0.3 is 15.5 Å². The third-order valence-electron chi connectivity index (χ3n) is 2.41. The van der Waals surface area contributed by atoms with Crippen molar-refractivity contribution in [2.45, 2.75) is 0 Å². The number of sulfonamides is 1. The molecule has 0 aliphatic heterocycles. The molecule has 8 heteroatoms. The number of hydrogen-bond acceptors (Lipinski definition) is 6. The molecule has 18 heavy (non-hydrogen) atoms. The zero-order valence-corrected chi connectivity index (χ0v) is 10.6. The molecular weight excluding hydrogens is 256 g/mol. The van der Waals surface area contributed by atoms with Gasteiger partial charge in [-0.3, -0.25) is 0 Å². The molecule has 0 radical (unpaired) electrons. The van der Waals surface area contributed by atoms with Gasteiger partial charge in [0.2, 0.25) is 10.0 Å². The minimum absolute atomic E-state index is 0.0578. The third kappa shape index (κ3) is 2.71. The number of aromatic nitrogens is 1. The maximum atomic E-state index is 11.2. The molecule has 1 aromatic carbocycles. The molecule has 0 aliphatic rings. The fraction of sp³-hybridized carbons (Fsp3) is 0.300. The third-order valence-corrected chi connectivity index (χ3v) is 3.77. The summed E-state index contributed by atoms with van der Waals surface area (Å²) in [7, 11) is -1.86. The van der Waals surface area contributed by atoms with Crippen LogP contribution in [0.25, 0.3) is 11.1 Å². The molecule has 0 amide bonds. The molecule has 2 aromatic rings. The van der Waals surface area contributed by atoms with Crippen molar-refractivity contribution in [1.29, 1.82) is 0 Å². The Morgan fingerprint density at radius 3 is 2.89 bits per heavy atom. The van der Waals surface area contributed by atoms with E-state index in [0.717, 1.165) is 0 Å². The Bertz CT molecular complexity index is 650. The van der Waals surface area contributed by atoms with Crippen LogP contribution in [0.3, 0.4) is 0 Å². The van der Waals surface area contributed by atoms with Gasteiger partial charge in [0.25, 0.3) is 6.01 Å². The van der Waals surface area contributed by atoms with E-state index in [0.29, 0.717) is 16.8 Å². The van der Waals surface area contributed by atoms with Crippen LogP contribution in [-0.2, 0) is 10.0 Å². The van der Waals surface area contributed by atoms with E-state index < -0.39 is 10.0 Å². The first-order valence-electron chi connectivity index (χ1n) is 5.32. The van der Waals surface area contributed by atoms with Crippen LogP contribution in [0.15, 0.2) is 22.6 Å². The Labute approximate surface area is 104 Å². The molecule has 98 valence electrons. The lowest BCUT2D eigenvalue weighted by Gasteiger charge is -2.02. The van der Waals surface area contributed by atoms with Gasteiger partial charge >= 0.3 is 0 Å². The number of fused-ring (bicyclic) bond motifs is 1. The van der Waals surface area contributed by atoms with E-state index in [1.807, 2.05) is 0 Å². The van der Waals surface area contributed by atoms with E-state index in [1.165, 1.54) is 7.05 Å². The topological polar surface area (TPSA) is 110 Å². The van der Waals surface area contributed by atoms with E-state index in [4.69, 9.17) is 10.2 Å². The van der Waals surface area contributed by atoms with Gasteiger partial charge in [-0.25, -0.2) is 13.1 Å². The van der Waals surface area contributed by atoms with Gasteiger partial charge in [-0.2, -0.15) is 4.98 Å². The molecule has 0 saturated carbocycles. The minimum Gasteiger partial charge on any atom is -0.423 e. The number of benzene rings is 1. The van der Waals surface area contributed by atoms with Crippen molar-refractivity contribution < 1.29 is 12.8 Å². The molecule has 0 bridgehead atoms. The number of para-hydroxylation sites is 1. The second kappa shape index (κ2) is 4.83. The van der Waals surface area contributed by atoms with Crippen LogP contribution in [-0.4, -0.2) is 32.7 Å². The quantitative estimate of drug-likeness (QED) is 0.677. The molecule has 0 aliphatic carbocycles. The monoisotopic (exact) mass is 270 g/mol. The molecule has 1 aromatic heterocycles. The van der Waals surface area contributed by atoms with E-state index in [9.17, 15) is 8.42 Å². The second-order valence-electron chi connectivity index (χ2n) is 3.66. The van der Waals surface area contributed by atoms with Gasteiger partial charge in [0.15, 0.2) is 5.58 Å². The van der Waals surface area contributed by atoms with Crippen molar-refractivity contribution in [1.82, 2.24) is 9.71 Å². The Kier molecular flexibility index (Phi) is 3.39. The zero-order chi connectivity index (χ0) is 13.2. The van der Waals surface area contributed by atoms with Crippen LogP contribution in [0, 0.1) is 0 Å². The largest absolute Gasteiger partial charge is 0.423 e. The van der Waals surface area contributed by atoms with Gasteiger partial charge in [0.1, 0.15) is 5.52 Å². The summed E-state index contributed by atoms with van der Waals surface area (Å²) in [6.45, 7) is 0.204. The molecule has 0 saturated heterocycles. The van der Waals surface area contributed by atoms with Crippen LogP contribution < -0.4 is 15.8 Å². The summed E-state index contributed by atoms with van der Waals surface area (Å²) in [6.07, 6.45) is 0. The van der Waals surface area contributed by atoms with E-state index >= 15 is 0 Å². The fourth-order valence-corrected chi connectivity index (χ4v) is 2.01. The highest BCUT2D eigenvalue weighted by Gasteiger charge is 2.10. The van der Waals surface area contributed by atoms with Gasteiger partial charge in [-0.1, -0.05) is 6.07 Å². The molecule has 2 rings (SSSR count). The molecule has 0 spiro atoms. The van der Waals surface area contributed by atoms with Crippen LogP contribution in [0.2, 0.25) is 0 Å². The SMILES string of the molecule is CNS(=O)(=O)CCNc1nc2c(N)cccc2o1. The Hall–Kier alpha value is -1.80. The maximum absolute atomic E-state index is 11.2. The molecule has 1 heterocycles. The number of hydrogen-bond donors (Lipinski definition) is 3. The zero-order valence-electron chi connectivity index (χ0n) is 9.80. The normalized spacial score (nSPS) is 11.8. The molecule has 4 N–H and O–H groups in total. The molecular formula is C10H14N4O3S. The predicted octanol–water partition coefficient (Wildman–Crippen LogP) is 0.371. The number of rotatable bonds is 5. The highest BCUT2D eigenvalue weighted by molar-refractivity contribution is 7.89. The maximum Gasteiger partial charge on any atom is 0.295 e. The Morgan fingerprint density at radius 2 is 2.22 bits per heavy atom. The number of nitrogens with two attached hydrogens (primary N) is 1. The number of nitrogen functional groups attached to an aromatic ring is 1. The predicted molar refractivity (Wildman–Crippen MR) is 69.8 cm³/mol. The summed E-state index contributed by atoms with van der Waals surface area (Å²) in [6, 6.07) is 5.49. The number of anilines is 2. The summed E-state index contributed by atoms with van der Waals surface area (Å²) in [5.74, 6) is -0.0578. The smallest absolute Gasteiger partial charge is 0.295 e.